The van der Waals surface area contributed by atoms with Crippen molar-refractivity contribution in [3.05, 3.63) is 24.3 Å². The highest BCUT2D eigenvalue weighted by molar-refractivity contribution is 6.13. The molecule has 1 saturated heterocycles. The predicted molar refractivity (Wildman–Crippen MR) is 50.5 cm³/mol. The Balaban J connectivity index is 2.14. The first-order valence-electron chi connectivity index (χ1n) is 5.14. The van der Waals surface area contributed by atoms with Gasteiger partial charge in [0.1, 0.15) is 10.8 Å². The molecule has 4 rings (SSSR count). The fourth-order valence-corrected chi connectivity index (χ4v) is 4.32. The van der Waals surface area contributed by atoms with Crippen molar-refractivity contribution < 1.29 is 14.3 Å². The molecule has 0 N–H and O–H groups in total. The Morgan fingerprint density at radius 3 is 1.80 bits per heavy atom. The summed E-state index contributed by atoms with van der Waals surface area (Å²) in [6, 6.07) is 0. The minimum atomic E-state index is -0.680. The first-order valence-corrected chi connectivity index (χ1v) is 5.14. The molecule has 3 heteroatoms. The van der Waals surface area contributed by atoms with Gasteiger partial charge in [-0.1, -0.05) is 38.2 Å². The number of ether oxygens (including phenoxy) is 1. The average molecular weight is 202 g/mol. The quantitative estimate of drug-likeness (QED) is 0.337. The summed E-state index contributed by atoms with van der Waals surface area (Å²) >= 11 is 0. The molecule has 0 aromatic rings. The van der Waals surface area contributed by atoms with Crippen LogP contribution in [-0.4, -0.2) is 11.9 Å². The van der Waals surface area contributed by atoms with Gasteiger partial charge in [-0.3, -0.25) is 9.59 Å². The number of rotatable bonds is 0. The molecule has 4 aliphatic rings. The number of carbonyl (C=O) groups excluding carboxylic acids is 2. The summed E-state index contributed by atoms with van der Waals surface area (Å²) in [6.07, 6.45) is 7.85. The van der Waals surface area contributed by atoms with Gasteiger partial charge >= 0.3 is 11.9 Å². The van der Waals surface area contributed by atoms with Gasteiger partial charge in [0, 0.05) is 10.8 Å². The van der Waals surface area contributed by atoms with Gasteiger partial charge in [-0.15, -0.1) is 0 Å². The topological polar surface area (TPSA) is 43.4 Å². The van der Waals surface area contributed by atoms with Crippen molar-refractivity contribution in [2.24, 2.45) is 21.7 Å². The molecule has 15 heavy (non-hydrogen) atoms. The number of esters is 2. The molecule has 2 unspecified atom stereocenters. The lowest BCUT2D eigenvalue weighted by atomic mass is 9.76. The second-order valence-corrected chi connectivity index (χ2v) is 5.37. The number of hydrogen-bond acceptors (Lipinski definition) is 3. The molecule has 0 aromatic heterocycles. The van der Waals surface area contributed by atoms with Gasteiger partial charge in [0.15, 0.2) is 0 Å². The largest absolute Gasteiger partial charge is 0.392 e. The molecule has 0 radical (unpaired) electrons. The summed E-state index contributed by atoms with van der Waals surface area (Å²) < 4.78 is 4.78. The Morgan fingerprint density at radius 1 is 0.933 bits per heavy atom. The van der Waals surface area contributed by atoms with Crippen LogP contribution in [0.1, 0.15) is 13.8 Å². The van der Waals surface area contributed by atoms with Crippen LogP contribution in [0.5, 0.6) is 0 Å². The van der Waals surface area contributed by atoms with Gasteiger partial charge in [0.2, 0.25) is 0 Å². The minimum absolute atomic E-state index is 0.165. The third kappa shape index (κ3) is 0.363. The maximum absolute atomic E-state index is 11.8. The van der Waals surface area contributed by atoms with Crippen molar-refractivity contribution >= 4 is 11.9 Å². The van der Waals surface area contributed by atoms with Crippen molar-refractivity contribution in [2.45, 2.75) is 13.8 Å². The predicted octanol–water partition coefficient (Wildman–Crippen LogP) is 1.21. The maximum Gasteiger partial charge on any atom is 0.325 e. The molecular formula is C12H10O3. The van der Waals surface area contributed by atoms with Crippen molar-refractivity contribution in [3.8, 4) is 0 Å². The monoisotopic (exact) mass is 202 g/mol. The van der Waals surface area contributed by atoms with Crippen molar-refractivity contribution in [1.82, 2.24) is 0 Å². The Hall–Kier alpha value is -1.38. The van der Waals surface area contributed by atoms with Crippen molar-refractivity contribution in [1.29, 1.82) is 0 Å². The Kier molecular flexibility index (Phi) is 0.789. The Morgan fingerprint density at radius 2 is 1.40 bits per heavy atom. The number of hydrogen-bond donors (Lipinski definition) is 0. The van der Waals surface area contributed by atoms with Crippen LogP contribution < -0.4 is 0 Å². The summed E-state index contributed by atoms with van der Waals surface area (Å²) in [5.74, 6) is -0.723. The van der Waals surface area contributed by atoms with Crippen LogP contribution in [0.4, 0.5) is 0 Å². The van der Waals surface area contributed by atoms with E-state index in [9.17, 15) is 9.59 Å². The molecule has 0 amide bonds. The van der Waals surface area contributed by atoms with Crippen molar-refractivity contribution in [2.75, 3.05) is 0 Å². The van der Waals surface area contributed by atoms with Gasteiger partial charge in [0.25, 0.3) is 0 Å². The van der Waals surface area contributed by atoms with Crippen LogP contribution >= 0.6 is 0 Å². The highest BCUT2D eigenvalue weighted by Gasteiger charge is 3.00. The molecule has 3 aliphatic carbocycles. The fourth-order valence-electron chi connectivity index (χ4n) is 4.32. The molecular weight excluding hydrogens is 192 g/mol. The lowest BCUT2D eigenvalue weighted by molar-refractivity contribution is -0.160. The first-order chi connectivity index (χ1) is 6.96. The highest BCUT2D eigenvalue weighted by atomic mass is 16.6. The molecule has 2 fully saturated rings. The van der Waals surface area contributed by atoms with E-state index in [0.717, 1.165) is 0 Å². The Labute approximate surface area is 86.8 Å². The lowest BCUT2D eigenvalue weighted by Gasteiger charge is -2.27. The third-order valence-corrected chi connectivity index (χ3v) is 5.40. The van der Waals surface area contributed by atoms with Crippen LogP contribution in [0.3, 0.4) is 0 Å². The zero-order valence-corrected chi connectivity index (χ0v) is 8.53. The van der Waals surface area contributed by atoms with Gasteiger partial charge in [0.05, 0.1) is 0 Å². The van der Waals surface area contributed by atoms with Crippen LogP contribution in [0.2, 0.25) is 0 Å². The summed E-state index contributed by atoms with van der Waals surface area (Å²) in [5.41, 5.74) is -1.83. The third-order valence-electron chi connectivity index (χ3n) is 5.40. The van der Waals surface area contributed by atoms with E-state index in [1.54, 1.807) is 0 Å². The molecule has 0 bridgehead atoms. The van der Waals surface area contributed by atoms with E-state index in [0.29, 0.717) is 0 Å². The van der Waals surface area contributed by atoms with E-state index in [4.69, 9.17) is 4.74 Å². The van der Waals surface area contributed by atoms with Crippen molar-refractivity contribution in [3.63, 3.8) is 0 Å². The van der Waals surface area contributed by atoms with Gasteiger partial charge < -0.3 is 4.74 Å². The maximum atomic E-state index is 11.8. The summed E-state index contributed by atoms with van der Waals surface area (Å²) in [5, 5.41) is 0. The smallest absolute Gasteiger partial charge is 0.325 e. The van der Waals surface area contributed by atoms with Crippen LogP contribution in [0, 0.1) is 21.7 Å². The lowest BCUT2D eigenvalue weighted by Crippen LogP contribution is -2.30. The normalized spacial score (nSPS) is 62.0. The first kappa shape index (κ1) is 7.85. The van der Waals surface area contributed by atoms with Gasteiger partial charge in [-0.25, -0.2) is 0 Å². The van der Waals surface area contributed by atoms with E-state index in [-0.39, 0.29) is 22.8 Å². The van der Waals surface area contributed by atoms with Crippen LogP contribution in [-0.2, 0) is 14.3 Å². The minimum Gasteiger partial charge on any atom is -0.392 e. The van der Waals surface area contributed by atoms with E-state index in [1.807, 2.05) is 31.2 Å². The number of carbonyl (C=O) groups is 2. The zero-order chi connectivity index (χ0) is 10.7. The highest BCUT2D eigenvalue weighted by Crippen LogP contribution is 2.93. The molecule has 3 nitrogen and oxygen atoms in total. The van der Waals surface area contributed by atoms with E-state index >= 15 is 0 Å². The van der Waals surface area contributed by atoms with E-state index in [2.05, 4.69) is 6.92 Å². The second kappa shape index (κ2) is 1.51. The zero-order valence-electron chi connectivity index (χ0n) is 8.53. The molecule has 1 aliphatic heterocycles. The van der Waals surface area contributed by atoms with Gasteiger partial charge in [-0.05, 0) is 0 Å². The van der Waals surface area contributed by atoms with Crippen LogP contribution in [0.25, 0.3) is 0 Å². The standard InChI is InChI=1S/C12H10O3/c1-9-3-5-11-7(13)15-8(14)12(11,6-4-9)10(9,11)2/h3-6H,1-2H3. The number of allylic oxidation sites excluding steroid dienone is 2. The molecule has 1 heterocycles. The fraction of sp³-hybridized carbons (Fsp3) is 0.500. The Bertz CT molecular complexity index is 475. The average Bonchev–Trinajstić information content (AvgIpc) is 2.34. The van der Waals surface area contributed by atoms with Gasteiger partial charge in [-0.2, -0.15) is 0 Å². The molecule has 76 valence electrons. The number of cyclic esters (lactones) is 2. The second-order valence-electron chi connectivity index (χ2n) is 5.37. The summed E-state index contributed by atoms with van der Waals surface area (Å²) in [7, 11) is 0. The van der Waals surface area contributed by atoms with E-state index in [1.165, 1.54) is 0 Å². The molecule has 1 saturated carbocycles. The van der Waals surface area contributed by atoms with E-state index < -0.39 is 10.8 Å². The summed E-state index contributed by atoms with van der Waals surface area (Å²) in [4.78, 5) is 23.7. The molecule has 2 atom stereocenters. The summed E-state index contributed by atoms with van der Waals surface area (Å²) in [6.45, 7) is 4.09. The molecule has 2 spiro atoms. The van der Waals surface area contributed by atoms with Crippen LogP contribution in [0.15, 0.2) is 24.3 Å². The molecule has 0 aromatic carbocycles. The SMILES string of the molecule is CC12C=CC34C(=O)OC(=O)C3(C=C1)C24C.